The van der Waals surface area contributed by atoms with Crippen LogP contribution >= 0.6 is 0 Å². The normalized spacial score (nSPS) is 15.8. The molecular formula is C16H26N3O5S+. The summed E-state index contributed by atoms with van der Waals surface area (Å²) in [6.45, 7) is 2.69. The average Bonchev–Trinajstić information content (AvgIpc) is 2.58. The van der Waals surface area contributed by atoms with E-state index in [1.807, 2.05) is 0 Å². The Morgan fingerprint density at radius 1 is 1.24 bits per heavy atom. The van der Waals surface area contributed by atoms with E-state index >= 15 is 0 Å². The second-order valence-electron chi connectivity index (χ2n) is 6.15. The number of piperazine rings is 1. The van der Waals surface area contributed by atoms with E-state index in [-0.39, 0.29) is 18.1 Å². The number of hydrogen-bond donors (Lipinski definition) is 1. The zero-order valence-electron chi connectivity index (χ0n) is 15.1. The van der Waals surface area contributed by atoms with Gasteiger partial charge in [0.2, 0.25) is 15.9 Å². The molecule has 0 unspecified atom stereocenters. The summed E-state index contributed by atoms with van der Waals surface area (Å²) in [5, 5.41) is 0. The van der Waals surface area contributed by atoms with Crippen molar-refractivity contribution in [2.24, 2.45) is 0 Å². The third-order valence-corrected chi connectivity index (χ3v) is 5.43. The van der Waals surface area contributed by atoms with Crippen LogP contribution in [0.4, 0.5) is 5.69 Å². The number of nitrogens with zero attached hydrogens (tertiary/aromatic N) is 2. The number of benzene rings is 1. The third-order valence-electron chi connectivity index (χ3n) is 4.30. The molecule has 1 fully saturated rings. The van der Waals surface area contributed by atoms with Gasteiger partial charge in [0.25, 0.3) is 0 Å². The highest BCUT2D eigenvalue weighted by Crippen LogP contribution is 2.33. The molecule has 8 nitrogen and oxygen atoms in total. The molecule has 1 saturated heterocycles. The summed E-state index contributed by atoms with van der Waals surface area (Å²) in [7, 11) is 1.35. The van der Waals surface area contributed by atoms with E-state index in [2.05, 4.69) is 7.05 Å². The van der Waals surface area contributed by atoms with Crippen molar-refractivity contribution in [2.45, 2.75) is 0 Å². The molecule has 0 spiro atoms. The van der Waals surface area contributed by atoms with Crippen molar-refractivity contribution in [1.82, 2.24) is 4.90 Å². The fraction of sp³-hybridized carbons (Fsp3) is 0.562. The number of anilines is 1. The molecule has 1 aliphatic rings. The lowest BCUT2D eigenvalue weighted by molar-refractivity contribution is -0.883. The van der Waals surface area contributed by atoms with E-state index in [1.54, 1.807) is 23.1 Å². The number of likely N-dealkylation sites (N-methyl/N-ethyl adjacent to an activating group) is 1. The minimum absolute atomic E-state index is 0.220. The molecule has 1 aromatic carbocycles. The molecule has 1 aromatic rings. The van der Waals surface area contributed by atoms with Gasteiger partial charge < -0.3 is 19.3 Å². The molecule has 1 N–H and O–H groups in total. The van der Waals surface area contributed by atoms with Crippen LogP contribution in [0, 0.1) is 0 Å². The van der Waals surface area contributed by atoms with E-state index in [4.69, 9.17) is 9.47 Å². The Morgan fingerprint density at radius 3 is 2.40 bits per heavy atom. The number of sulfonamides is 1. The fourth-order valence-electron chi connectivity index (χ4n) is 2.73. The predicted molar refractivity (Wildman–Crippen MR) is 94.9 cm³/mol. The lowest BCUT2D eigenvalue weighted by atomic mass is 10.2. The standard InChI is InChI=1S/C16H25N3O5S/c1-17-7-9-18(10-8-17)16(20)12-19(25(4,21)22)14-11-13(23-2)5-6-15(14)24-3/h5-6,11H,7-10,12H2,1-4H3/p+1. The Morgan fingerprint density at radius 2 is 1.88 bits per heavy atom. The number of hydrogen-bond acceptors (Lipinski definition) is 5. The first kappa shape index (κ1) is 19.3. The Bertz CT molecular complexity index is 714. The summed E-state index contributed by atoms with van der Waals surface area (Å²) >= 11 is 0. The fourth-order valence-corrected chi connectivity index (χ4v) is 3.58. The minimum Gasteiger partial charge on any atom is -0.497 e. The second kappa shape index (κ2) is 7.92. The lowest BCUT2D eigenvalue weighted by Gasteiger charge is -2.32. The van der Waals surface area contributed by atoms with Crippen molar-refractivity contribution in [2.75, 3.05) is 64.6 Å². The average molecular weight is 372 g/mol. The van der Waals surface area contributed by atoms with Crippen molar-refractivity contribution < 1.29 is 27.6 Å². The van der Waals surface area contributed by atoms with Crippen molar-refractivity contribution in [3.05, 3.63) is 18.2 Å². The molecule has 9 heteroatoms. The number of carbonyl (C=O) groups is 1. The number of methoxy groups -OCH3 is 2. The van der Waals surface area contributed by atoms with Crippen LogP contribution < -0.4 is 18.7 Å². The van der Waals surface area contributed by atoms with Crippen molar-refractivity contribution >= 4 is 21.6 Å². The van der Waals surface area contributed by atoms with E-state index < -0.39 is 10.0 Å². The molecule has 140 valence electrons. The number of carbonyl (C=O) groups excluding carboxylic acids is 1. The smallest absolute Gasteiger partial charge is 0.243 e. The minimum atomic E-state index is -3.67. The molecule has 1 aliphatic heterocycles. The van der Waals surface area contributed by atoms with Gasteiger partial charge in [0.15, 0.2) is 0 Å². The largest absolute Gasteiger partial charge is 0.497 e. The Labute approximate surface area is 149 Å². The van der Waals surface area contributed by atoms with Crippen LogP contribution in [-0.2, 0) is 14.8 Å². The van der Waals surface area contributed by atoms with Gasteiger partial charge in [0, 0.05) is 6.07 Å². The third kappa shape index (κ3) is 4.76. The molecule has 0 aromatic heterocycles. The Balaban J connectivity index is 2.30. The molecule has 1 amide bonds. The van der Waals surface area contributed by atoms with Gasteiger partial charge in [0.05, 0.1) is 59.4 Å². The summed E-state index contributed by atoms with van der Waals surface area (Å²) in [4.78, 5) is 15.7. The molecule has 0 saturated carbocycles. The second-order valence-corrected chi connectivity index (χ2v) is 8.05. The van der Waals surface area contributed by atoms with Crippen LogP contribution in [0.25, 0.3) is 0 Å². The number of nitrogens with one attached hydrogen (secondary N) is 1. The summed E-state index contributed by atoms with van der Waals surface area (Å²) in [6, 6.07) is 4.85. The SMILES string of the molecule is COc1ccc(OC)c(N(CC(=O)N2CC[NH+](C)CC2)S(C)(=O)=O)c1. The van der Waals surface area contributed by atoms with Crippen molar-refractivity contribution in [3.63, 3.8) is 0 Å². The van der Waals surface area contributed by atoms with Crippen LogP contribution in [0.5, 0.6) is 11.5 Å². The Kier molecular flexibility index (Phi) is 6.12. The molecular weight excluding hydrogens is 346 g/mol. The van der Waals surface area contributed by atoms with Gasteiger partial charge in [-0.15, -0.1) is 0 Å². The zero-order valence-corrected chi connectivity index (χ0v) is 15.9. The first-order chi connectivity index (χ1) is 11.8. The monoisotopic (exact) mass is 372 g/mol. The van der Waals surface area contributed by atoms with E-state index in [0.29, 0.717) is 24.6 Å². The molecule has 2 rings (SSSR count). The van der Waals surface area contributed by atoms with Gasteiger partial charge in [-0.1, -0.05) is 0 Å². The van der Waals surface area contributed by atoms with Gasteiger partial charge in [-0.3, -0.25) is 9.10 Å². The quantitative estimate of drug-likeness (QED) is 0.680. The first-order valence-electron chi connectivity index (χ1n) is 8.05. The maximum atomic E-state index is 12.6. The van der Waals surface area contributed by atoms with Crippen molar-refractivity contribution in [1.29, 1.82) is 0 Å². The number of rotatable bonds is 6. The topological polar surface area (TPSA) is 80.6 Å². The maximum Gasteiger partial charge on any atom is 0.243 e. The van der Waals surface area contributed by atoms with Gasteiger partial charge in [-0.05, 0) is 12.1 Å². The van der Waals surface area contributed by atoms with Crippen LogP contribution in [-0.4, -0.2) is 79.5 Å². The summed E-state index contributed by atoms with van der Waals surface area (Å²) in [6.07, 6.45) is 1.08. The molecule has 0 radical (unpaired) electrons. The highest BCUT2D eigenvalue weighted by molar-refractivity contribution is 7.92. The van der Waals surface area contributed by atoms with E-state index in [0.717, 1.165) is 23.7 Å². The molecule has 1 heterocycles. The Hall–Kier alpha value is -2.00. The highest BCUT2D eigenvalue weighted by atomic mass is 32.2. The summed E-state index contributed by atoms with van der Waals surface area (Å²) < 4.78 is 36.2. The van der Waals surface area contributed by atoms with Crippen LogP contribution in [0.1, 0.15) is 0 Å². The van der Waals surface area contributed by atoms with E-state index in [9.17, 15) is 13.2 Å². The summed E-state index contributed by atoms with van der Waals surface area (Å²) in [5.74, 6) is 0.629. The molecule has 0 bridgehead atoms. The van der Waals surface area contributed by atoms with Gasteiger partial charge in [-0.25, -0.2) is 8.42 Å². The van der Waals surface area contributed by atoms with E-state index in [1.165, 1.54) is 19.1 Å². The first-order valence-corrected chi connectivity index (χ1v) is 9.90. The van der Waals surface area contributed by atoms with Gasteiger partial charge in [0.1, 0.15) is 18.0 Å². The van der Waals surface area contributed by atoms with Gasteiger partial charge in [-0.2, -0.15) is 0 Å². The summed E-state index contributed by atoms with van der Waals surface area (Å²) in [5.41, 5.74) is 0.289. The van der Waals surface area contributed by atoms with Crippen LogP contribution in [0.15, 0.2) is 18.2 Å². The van der Waals surface area contributed by atoms with Crippen molar-refractivity contribution in [3.8, 4) is 11.5 Å². The highest BCUT2D eigenvalue weighted by Gasteiger charge is 2.28. The van der Waals surface area contributed by atoms with Crippen LogP contribution in [0.2, 0.25) is 0 Å². The molecule has 0 aliphatic carbocycles. The van der Waals surface area contributed by atoms with Gasteiger partial charge >= 0.3 is 0 Å². The number of amides is 1. The molecule has 25 heavy (non-hydrogen) atoms. The predicted octanol–water partition coefficient (Wildman–Crippen LogP) is -1.17. The zero-order chi connectivity index (χ0) is 18.6. The maximum absolute atomic E-state index is 12.6. The lowest BCUT2D eigenvalue weighted by Crippen LogP contribution is -3.12. The van der Waals surface area contributed by atoms with Crippen LogP contribution in [0.3, 0.4) is 0 Å². The number of quaternary nitrogens is 1. The number of ether oxygens (including phenoxy) is 2. The molecule has 0 atom stereocenters.